The summed E-state index contributed by atoms with van der Waals surface area (Å²) in [5, 5.41) is 13.1. The highest BCUT2D eigenvalue weighted by molar-refractivity contribution is 5.88. The first-order valence-corrected chi connectivity index (χ1v) is 8.88. The van der Waals surface area contributed by atoms with Crippen molar-refractivity contribution in [2.75, 3.05) is 6.61 Å². The van der Waals surface area contributed by atoms with Gasteiger partial charge in [-0.25, -0.2) is 4.98 Å². The van der Waals surface area contributed by atoms with Crippen molar-refractivity contribution in [3.63, 3.8) is 0 Å². The molecule has 0 aliphatic heterocycles. The van der Waals surface area contributed by atoms with Gasteiger partial charge in [-0.3, -0.25) is 9.36 Å². The molecular weight excluding hydrogens is 340 g/mol. The van der Waals surface area contributed by atoms with Gasteiger partial charge in [0.2, 0.25) is 0 Å². The zero-order chi connectivity index (χ0) is 18.8. The molecule has 1 aromatic heterocycles. The SMILES string of the molecule is Cc1nc2ccccc2c(=O)n1CC(O)COc1cccc2ccccc12. The molecule has 27 heavy (non-hydrogen) atoms. The van der Waals surface area contributed by atoms with E-state index in [1.54, 1.807) is 13.0 Å². The Morgan fingerprint density at radius 1 is 1.00 bits per heavy atom. The molecule has 3 aromatic carbocycles. The lowest BCUT2D eigenvalue weighted by Gasteiger charge is -2.17. The summed E-state index contributed by atoms with van der Waals surface area (Å²) in [6.07, 6.45) is -0.830. The second-order valence-corrected chi connectivity index (χ2v) is 6.53. The van der Waals surface area contributed by atoms with Crippen molar-refractivity contribution in [1.29, 1.82) is 0 Å². The summed E-state index contributed by atoms with van der Waals surface area (Å²) in [5.74, 6) is 1.29. The van der Waals surface area contributed by atoms with Crippen LogP contribution >= 0.6 is 0 Å². The molecular formula is C22H20N2O3. The molecule has 0 spiro atoms. The highest BCUT2D eigenvalue weighted by atomic mass is 16.5. The maximum atomic E-state index is 12.7. The zero-order valence-electron chi connectivity index (χ0n) is 15.0. The molecule has 0 aliphatic carbocycles. The van der Waals surface area contributed by atoms with E-state index in [9.17, 15) is 9.90 Å². The van der Waals surface area contributed by atoms with Crippen molar-refractivity contribution in [1.82, 2.24) is 9.55 Å². The largest absolute Gasteiger partial charge is 0.490 e. The Balaban J connectivity index is 1.54. The lowest BCUT2D eigenvalue weighted by Crippen LogP contribution is -2.32. The third kappa shape index (κ3) is 3.41. The first-order chi connectivity index (χ1) is 13.1. The topological polar surface area (TPSA) is 64.4 Å². The van der Waals surface area contributed by atoms with Crippen molar-refractivity contribution in [3.8, 4) is 5.75 Å². The van der Waals surface area contributed by atoms with E-state index in [1.807, 2.05) is 60.7 Å². The minimum absolute atomic E-state index is 0.0900. The van der Waals surface area contributed by atoms with E-state index >= 15 is 0 Å². The Morgan fingerprint density at radius 2 is 1.70 bits per heavy atom. The lowest BCUT2D eigenvalue weighted by atomic mass is 10.1. The highest BCUT2D eigenvalue weighted by Crippen LogP contribution is 2.25. The fourth-order valence-electron chi connectivity index (χ4n) is 3.27. The molecule has 0 saturated carbocycles. The van der Waals surface area contributed by atoms with Crippen LogP contribution in [-0.4, -0.2) is 27.4 Å². The summed E-state index contributed by atoms with van der Waals surface area (Å²) in [7, 11) is 0. The minimum atomic E-state index is -0.830. The van der Waals surface area contributed by atoms with Gasteiger partial charge < -0.3 is 9.84 Å². The van der Waals surface area contributed by atoms with Crippen molar-refractivity contribution in [3.05, 3.63) is 82.9 Å². The van der Waals surface area contributed by atoms with E-state index < -0.39 is 6.10 Å². The van der Waals surface area contributed by atoms with Gasteiger partial charge in [0.25, 0.3) is 5.56 Å². The molecule has 1 N–H and O–H groups in total. The van der Waals surface area contributed by atoms with Crippen LogP contribution in [0.15, 0.2) is 71.5 Å². The number of benzene rings is 3. The molecule has 136 valence electrons. The Morgan fingerprint density at radius 3 is 2.56 bits per heavy atom. The van der Waals surface area contributed by atoms with Crippen LogP contribution in [0.2, 0.25) is 0 Å². The van der Waals surface area contributed by atoms with Gasteiger partial charge >= 0.3 is 0 Å². The first kappa shape index (κ1) is 17.2. The van der Waals surface area contributed by atoms with Gasteiger partial charge in [-0.2, -0.15) is 0 Å². The van der Waals surface area contributed by atoms with Crippen LogP contribution in [0.25, 0.3) is 21.7 Å². The Kier molecular flexibility index (Phi) is 4.60. The number of para-hydroxylation sites is 1. The molecule has 1 atom stereocenters. The maximum Gasteiger partial charge on any atom is 0.261 e. The van der Waals surface area contributed by atoms with E-state index in [0.717, 1.165) is 10.8 Å². The Bertz CT molecular complexity index is 1160. The van der Waals surface area contributed by atoms with Gasteiger partial charge in [0.15, 0.2) is 0 Å². The second kappa shape index (κ2) is 7.21. The van der Waals surface area contributed by atoms with Crippen LogP contribution in [0.1, 0.15) is 5.82 Å². The van der Waals surface area contributed by atoms with E-state index in [1.165, 1.54) is 4.57 Å². The standard InChI is InChI=1S/C22H20N2O3/c1-15-23-20-11-5-4-10-19(20)22(26)24(15)13-17(25)14-27-21-12-6-8-16-7-2-3-9-18(16)21/h2-12,17,25H,13-14H2,1H3. The van der Waals surface area contributed by atoms with Crippen LogP contribution in [0, 0.1) is 6.92 Å². The summed E-state index contributed by atoms with van der Waals surface area (Å²) < 4.78 is 7.33. The molecule has 5 nitrogen and oxygen atoms in total. The lowest BCUT2D eigenvalue weighted by molar-refractivity contribution is 0.0916. The number of ether oxygens (including phenoxy) is 1. The summed E-state index contributed by atoms with van der Waals surface area (Å²) in [4.78, 5) is 17.2. The van der Waals surface area contributed by atoms with E-state index in [2.05, 4.69) is 4.98 Å². The molecule has 1 heterocycles. The minimum Gasteiger partial charge on any atom is -0.490 e. The van der Waals surface area contributed by atoms with Crippen molar-refractivity contribution in [2.45, 2.75) is 19.6 Å². The van der Waals surface area contributed by atoms with Gasteiger partial charge in [-0.05, 0) is 30.5 Å². The monoisotopic (exact) mass is 360 g/mol. The van der Waals surface area contributed by atoms with Crippen LogP contribution in [-0.2, 0) is 6.54 Å². The van der Waals surface area contributed by atoms with E-state index in [-0.39, 0.29) is 18.7 Å². The molecule has 0 amide bonds. The van der Waals surface area contributed by atoms with Crippen LogP contribution in [0.5, 0.6) is 5.75 Å². The number of aromatic nitrogens is 2. The molecule has 4 rings (SSSR count). The Hall–Kier alpha value is -3.18. The van der Waals surface area contributed by atoms with E-state index in [0.29, 0.717) is 22.5 Å². The number of hydrogen-bond acceptors (Lipinski definition) is 4. The van der Waals surface area contributed by atoms with Crippen LogP contribution in [0.3, 0.4) is 0 Å². The van der Waals surface area contributed by atoms with Crippen molar-refractivity contribution in [2.24, 2.45) is 0 Å². The van der Waals surface area contributed by atoms with Crippen molar-refractivity contribution < 1.29 is 9.84 Å². The van der Waals surface area contributed by atoms with Gasteiger partial charge in [0, 0.05) is 5.39 Å². The predicted octanol–water partition coefficient (Wildman–Crippen LogP) is 3.30. The highest BCUT2D eigenvalue weighted by Gasteiger charge is 2.13. The number of aliphatic hydroxyl groups is 1. The third-order valence-electron chi connectivity index (χ3n) is 4.63. The summed E-state index contributed by atoms with van der Waals surface area (Å²) in [6, 6.07) is 21.0. The fourth-order valence-corrected chi connectivity index (χ4v) is 3.27. The number of aryl methyl sites for hydroxylation is 1. The number of aliphatic hydroxyl groups excluding tert-OH is 1. The van der Waals surface area contributed by atoms with Crippen molar-refractivity contribution >= 4 is 21.7 Å². The predicted molar refractivity (Wildman–Crippen MR) is 106 cm³/mol. The molecule has 4 aromatic rings. The van der Waals surface area contributed by atoms with Gasteiger partial charge in [0.1, 0.15) is 24.3 Å². The quantitative estimate of drug-likeness (QED) is 0.593. The smallest absolute Gasteiger partial charge is 0.261 e. The number of rotatable bonds is 5. The summed E-state index contributed by atoms with van der Waals surface area (Å²) in [6.45, 7) is 1.99. The van der Waals surface area contributed by atoms with Crippen LogP contribution < -0.4 is 10.3 Å². The molecule has 0 aliphatic rings. The van der Waals surface area contributed by atoms with E-state index in [4.69, 9.17) is 4.74 Å². The number of hydrogen-bond donors (Lipinski definition) is 1. The molecule has 5 heteroatoms. The molecule has 0 bridgehead atoms. The molecule has 1 unspecified atom stereocenters. The molecule has 0 radical (unpaired) electrons. The molecule has 0 saturated heterocycles. The number of nitrogens with zero attached hydrogens (tertiary/aromatic N) is 2. The second-order valence-electron chi connectivity index (χ2n) is 6.53. The molecule has 0 fully saturated rings. The van der Waals surface area contributed by atoms with Gasteiger partial charge in [-0.15, -0.1) is 0 Å². The third-order valence-corrected chi connectivity index (χ3v) is 4.63. The first-order valence-electron chi connectivity index (χ1n) is 8.88. The van der Waals surface area contributed by atoms with Crippen LogP contribution in [0.4, 0.5) is 0 Å². The number of fused-ring (bicyclic) bond motifs is 2. The van der Waals surface area contributed by atoms with Gasteiger partial charge in [-0.1, -0.05) is 48.5 Å². The fraction of sp³-hybridized carbons (Fsp3) is 0.182. The summed E-state index contributed by atoms with van der Waals surface area (Å²) in [5.41, 5.74) is 0.514. The maximum absolute atomic E-state index is 12.7. The average molecular weight is 360 g/mol. The van der Waals surface area contributed by atoms with Gasteiger partial charge in [0.05, 0.1) is 17.4 Å². The summed E-state index contributed by atoms with van der Waals surface area (Å²) >= 11 is 0. The normalized spacial score (nSPS) is 12.4. The average Bonchev–Trinajstić information content (AvgIpc) is 2.69. The zero-order valence-corrected chi connectivity index (χ0v) is 15.0. The Labute approximate surface area is 156 Å².